The van der Waals surface area contributed by atoms with E-state index < -0.39 is 5.97 Å². The van der Waals surface area contributed by atoms with E-state index in [1.165, 1.54) is 35.0 Å². The molecule has 1 aromatic heterocycles. The Kier molecular flexibility index (Phi) is 5.48. The summed E-state index contributed by atoms with van der Waals surface area (Å²) in [6.07, 6.45) is 3.44. The maximum Gasteiger partial charge on any atom is 0.336 e. The number of aromatic nitrogens is 1. The van der Waals surface area contributed by atoms with Gasteiger partial charge in [-0.2, -0.15) is 0 Å². The lowest BCUT2D eigenvalue weighted by molar-refractivity contribution is 0.0697. The van der Waals surface area contributed by atoms with Crippen molar-refractivity contribution in [1.29, 1.82) is 0 Å². The molecule has 0 spiro atoms. The fourth-order valence-corrected chi connectivity index (χ4v) is 3.91. The number of benzene rings is 3. The lowest BCUT2D eigenvalue weighted by atomic mass is 9.99. The highest BCUT2D eigenvalue weighted by atomic mass is 16.4. The minimum Gasteiger partial charge on any atom is -0.478 e. The van der Waals surface area contributed by atoms with Crippen molar-refractivity contribution in [2.24, 2.45) is 0 Å². The molecular weight excluding hydrogens is 358 g/mol. The van der Waals surface area contributed by atoms with Gasteiger partial charge in [0.15, 0.2) is 0 Å². The molecule has 0 radical (unpaired) electrons. The van der Waals surface area contributed by atoms with E-state index >= 15 is 0 Å². The molecule has 0 saturated carbocycles. The molecule has 0 fully saturated rings. The van der Waals surface area contributed by atoms with Crippen molar-refractivity contribution < 1.29 is 9.90 Å². The van der Waals surface area contributed by atoms with Gasteiger partial charge in [0.1, 0.15) is 0 Å². The van der Waals surface area contributed by atoms with Gasteiger partial charge in [0, 0.05) is 17.8 Å². The largest absolute Gasteiger partial charge is 0.478 e. The maximum absolute atomic E-state index is 11.5. The van der Waals surface area contributed by atoms with E-state index in [1.807, 2.05) is 24.3 Å². The van der Waals surface area contributed by atoms with Gasteiger partial charge in [0.25, 0.3) is 0 Å². The van der Waals surface area contributed by atoms with Gasteiger partial charge in [-0.15, -0.1) is 0 Å². The van der Waals surface area contributed by atoms with Gasteiger partial charge in [0.2, 0.25) is 0 Å². The third-order valence-electron chi connectivity index (χ3n) is 5.45. The van der Waals surface area contributed by atoms with Crippen LogP contribution in [0, 0.1) is 0 Å². The summed E-state index contributed by atoms with van der Waals surface area (Å²) >= 11 is 0. The lowest BCUT2D eigenvalue weighted by Gasteiger charge is -2.12. The predicted octanol–water partition coefficient (Wildman–Crippen LogP) is 6.40. The molecule has 4 aromatic rings. The number of aryl methyl sites for hydroxylation is 1. The summed E-state index contributed by atoms with van der Waals surface area (Å²) in [4.78, 5) is 11.5. The van der Waals surface area contributed by atoms with Crippen molar-refractivity contribution in [3.63, 3.8) is 0 Å². The molecule has 0 aliphatic rings. The number of hydrogen-bond acceptors (Lipinski definition) is 1. The van der Waals surface area contributed by atoms with E-state index in [2.05, 4.69) is 54.0 Å². The second kappa shape index (κ2) is 8.36. The van der Waals surface area contributed by atoms with Gasteiger partial charge in [0.05, 0.1) is 5.56 Å². The Morgan fingerprint density at radius 3 is 2.41 bits per heavy atom. The topological polar surface area (TPSA) is 42.2 Å². The van der Waals surface area contributed by atoms with Gasteiger partial charge in [-0.25, -0.2) is 4.79 Å². The summed E-state index contributed by atoms with van der Waals surface area (Å²) in [6.45, 7) is 3.04. The molecule has 0 unspecified atom stereocenters. The first-order valence-electron chi connectivity index (χ1n) is 10.2. The minimum atomic E-state index is -0.899. The van der Waals surface area contributed by atoms with E-state index in [0.29, 0.717) is 5.56 Å². The van der Waals surface area contributed by atoms with Gasteiger partial charge >= 0.3 is 5.97 Å². The second-order valence-electron chi connectivity index (χ2n) is 7.43. The normalized spacial score (nSPS) is 11.1. The summed E-state index contributed by atoms with van der Waals surface area (Å²) in [5.41, 5.74) is 5.85. The monoisotopic (exact) mass is 383 g/mol. The minimum absolute atomic E-state index is 0.332. The lowest BCUT2D eigenvalue weighted by Crippen LogP contribution is -2.04. The summed E-state index contributed by atoms with van der Waals surface area (Å²) < 4.78 is 2.41. The van der Waals surface area contributed by atoms with Crippen LogP contribution in [-0.2, 0) is 13.0 Å². The SMILES string of the molecule is CCCCc1cc2ccccc2n1Cc1ccc(-c2ccccc2C(=O)O)cc1. The molecular formula is C26H25NO2. The van der Waals surface area contributed by atoms with E-state index in [-0.39, 0.29) is 0 Å². The molecule has 0 atom stereocenters. The molecule has 0 bridgehead atoms. The molecule has 4 rings (SSSR count). The van der Waals surface area contributed by atoms with Crippen LogP contribution in [0.25, 0.3) is 22.0 Å². The fourth-order valence-electron chi connectivity index (χ4n) is 3.91. The quantitative estimate of drug-likeness (QED) is 0.401. The third kappa shape index (κ3) is 3.95. The number of aromatic carboxylic acids is 1. The number of nitrogens with zero attached hydrogens (tertiary/aromatic N) is 1. The van der Waals surface area contributed by atoms with Crippen LogP contribution in [0.3, 0.4) is 0 Å². The van der Waals surface area contributed by atoms with Crippen LogP contribution in [0.4, 0.5) is 0 Å². The molecule has 3 aromatic carbocycles. The van der Waals surface area contributed by atoms with Crippen LogP contribution in [0.15, 0.2) is 78.9 Å². The van der Waals surface area contributed by atoms with E-state index in [4.69, 9.17) is 0 Å². The predicted molar refractivity (Wildman–Crippen MR) is 118 cm³/mol. The Hall–Kier alpha value is -3.33. The summed E-state index contributed by atoms with van der Waals surface area (Å²) in [5, 5.41) is 10.7. The first-order chi connectivity index (χ1) is 14.2. The molecule has 146 valence electrons. The fraction of sp³-hybridized carbons (Fsp3) is 0.192. The average molecular weight is 383 g/mol. The number of fused-ring (bicyclic) bond motifs is 1. The zero-order chi connectivity index (χ0) is 20.2. The van der Waals surface area contributed by atoms with Crippen LogP contribution >= 0.6 is 0 Å². The maximum atomic E-state index is 11.5. The molecule has 0 aliphatic heterocycles. The number of carbonyl (C=O) groups is 1. The standard InChI is InChI=1S/C26H25NO2/c1-2-3-9-22-17-21-8-4-7-12-25(21)27(22)18-19-13-15-20(16-14-19)23-10-5-6-11-24(23)26(28)29/h4-8,10-17H,2-3,9,18H2,1H3,(H,28,29). The first kappa shape index (κ1) is 19.0. The Morgan fingerprint density at radius 2 is 1.66 bits per heavy atom. The molecule has 3 heteroatoms. The van der Waals surface area contributed by atoms with Crippen LogP contribution in [-0.4, -0.2) is 15.6 Å². The van der Waals surface area contributed by atoms with E-state index in [0.717, 1.165) is 24.1 Å². The van der Waals surface area contributed by atoms with E-state index in [9.17, 15) is 9.90 Å². The van der Waals surface area contributed by atoms with Crippen molar-refractivity contribution in [1.82, 2.24) is 4.57 Å². The number of carboxylic acid groups (broad SMARTS) is 1. The second-order valence-corrected chi connectivity index (χ2v) is 7.43. The van der Waals surface area contributed by atoms with Crippen molar-refractivity contribution in [2.45, 2.75) is 32.7 Å². The molecule has 3 nitrogen and oxygen atoms in total. The molecule has 29 heavy (non-hydrogen) atoms. The Morgan fingerprint density at radius 1 is 0.931 bits per heavy atom. The van der Waals surface area contributed by atoms with Crippen LogP contribution in [0.2, 0.25) is 0 Å². The average Bonchev–Trinajstić information content (AvgIpc) is 3.10. The highest BCUT2D eigenvalue weighted by Gasteiger charge is 2.12. The third-order valence-corrected chi connectivity index (χ3v) is 5.45. The zero-order valence-corrected chi connectivity index (χ0v) is 16.6. The molecule has 1 heterocycles. The first-order valence-corrected chi connectivity index (χ1v) is 10.2. The number of rotatable bonds is 7. The van der Waals surface area contributed by atoms with Crippen LogP contribution < -0.4 is 0 Å². The van der Waals surface area contributed by atoms with E-state index in [1.54, 1.807) is 12.1 Å². The smallest absolute Gasteiger partial charge is 0.336 e. The Labute approximate surface area is 171 Å². The molecule has 0 saturated heterocycles. The van der Waals surface area contributed by atoms with Crippen molar-refractivity contribution >= 4 is 16.9 Å². The molecule has 0 aliphatic carbocycles. The van der Waals surface area contributed by atoms with Gasteiger partial charge in [-0.1, -0.05) is 74.0 Å². The highest BCUT2D eigenvalue weighted by molar-refractivity contribution is 5.96. The number of para-hydroxylation sites is 1. The van der Waals surface area contributed by atoms with Crippen LogP contribution in [0.5, 0.6) is 0 Å². The zero-order valence-electron chi connectivity index (χ0n) is 16.6. The Bertz CT molecular complexity index is 1140. The number of carboxylic acids is 1. The van der Waals surface area contributed by atoms with Gasteiger partial charge in [-0.3, -0.25) is 0 Å². The molecule has 1 N–H and O–H groups in total. The molecule has 0 amide bonds. The van der Waals surface area contributed by atoms with Crippen molar-refractivity contribution in [2.75, 3.05) is 0 Å². The number of unbranched alkanes of at least 4 members (excludes halogenated alkanes) is 1. The summed E-state index contributed by atoms with van der Waals surface area (Å²) in [5.74, 6) is -0.899. The van der Waals surface area contributed by atoms with Crippen molar-refractivity contribution in [3.8, 4) is 11.1 Å². The van der Waals surface area contributed by atoms with Crippen molar-refractivity contribution in [3.05, 3.63) is 95.7 Å². The summed E-state index contributed by atoms with van der Waals surface area (Å²) in [6, 6.07) is 26.2. The highest BCUT2D eigenvalue weighted by Crippen LogP contribution is 2.26. The van der Waals surface area contributed by atoms with Crippen LogP contribution in [0.1, 0.15) is 41.4 Å². The van der Waals surface area contributed by atoms with Gasteiger partial charge < -0.3 is 9.67 Å². The Balaban J connectivity index is 1.66. The van der Waals surface area contributed by atoms with Gasteiger partial charge in [-0.05, 0) is 53.1 Å². The number of hydrogen-bond donors (Lipinski definition) is 1. The summed E-state index contributed by atoms with van der Waals surface area (Å²) in [7, 11) is 0.